The number of carbonyl (C=O) groups is 1. The summed E-state index contributed by atoms with van der Waals surface area (Å²) in [6.45, 7) is 4.25. The molecule has 0 saturated carbocycles. The van der Waals surface area contributed by atoms with Crippen LogP contribution in [0.4, 0.5) is 5.13 Å². The number of amides is 1. The predicted molar refractivity (Wildman–Crippen MR) is 80.5 cm³/mol. The topological polar surface area (TPSA) is 54.9 Å². The number of nitrogens with one attached hydrogen (secondary N) is 1. The summed E-state index contributed by atoms with van der Waals surface area (Å²) < 4.78 is 0.763. The normalized spacial score (nSPS) is 10.7. The second-order valence-corrected chi connectivity index (χ2v) is 6.45. The van der Waals surface area contributed by atoms with E-state index in [0.29, 0.717) is 16.6 Å². The lowest BCUT2D eigenvalue weighted by Gasteiger charge is -2.02. The first-order chi connectivity index (χ1) is 9.06. The maximum Gasteiger partial charge on any atom is 0.258 e. The first kappa shape index (κ1) is 14.1. The number of benzene rings is 1. The van der Waals surface area contributed by atoms with Gasteiger partial charge in [0.1, 0.15) is 5.01 Å². The van der Waals surface area contributed by atoms with E-state index in [0.717, 1.165) is 15.9 Å². The minimum Gasteiger partial charge on any atom is -0.296 e. The van der Waals surface area contributed by atoms with Gasteiger partial charge in [0.15, 0.2) is 0 Å². The van der Waals surface area contributed by atoms with Gasteiger partial charge in [-0.1, -0.05) is 37.3 Å². The summed E-state index contributed by atoms with van der Waals surface area (Å²) in [7, 11) is 0. The van der Waals surface area contributed by atoms with Crippen molar-refractivity contribution in [1.29, 1.82) is 0 Å². The lowest BCUT2D eigenvalue weighted by molar-refractivity contribution is 0.102. The molecule has 100 valence electrons. The number of nitrogens with zero attached hydrogens (tertiary/aromatic N) is 2. The van der Waals surface area contributed by atoms with Gasteiger partial charge in [0.2, 0.25) is 5.13 Å². The number of aromatic nitrogens is 2. The molecule has 0 bridgehead atoms. The van der Waals surface area contributed by atoms with Crippen molar-refractivity contribution in [3.8, 4) is 0 Å². The second kappa shape index (κ2) is 6.25. The van der Waals surface area contributed by atoms with Crippen LogP contribution in [-0.2, 0) is 6.42 Å². The highest BCUT2D eigenvalue weighted by Crippen LogP contribution is 2.21. The molecule has 19 heavy (non-hydrogen) atoms. The standard InChI is InChI=1S/C13H14BrN3OS/c1-8(2)7-11-16-17-13(19-11)15-12(18)9-5-3-4-6-10(9)14/h3-6,8H,7H2,1-2H3,(H,15,17,18). The maximum atomic E-state index is 12.1. The van der Waals surface area contributed by atoms with E-state index < -0.39 is 0 Å². The average molecular weight is 340 g/mol. The molecule has 2 aromatic rings. The Hall–Kier alpha value is -1.27. The van der Waals surface area contributed by atoms with Gasteiger partial charge >= 0.3 is 0 Å². The van der Waals surface area contributed by atoms with Crippen LogP contribution in [0.5, 0.6) is 0 Å². The molecule has 0 aliphatic carbocycles. The van der Waals surface area contributed by atoms with Gasteiger partial charge in [0.25, 0.3) is 5.91 Å². The summed E-state index contributed by atoms with van der Waals surface area (Å²) in [4.78, 5) is 12.1. The van der Waals surface area contributed by atoms with Gasteiger partial charge in [0, 0.05) is 10.9 Å². The van der Waals surface area contributed by atoms with Crippen LogP contribution >= 0.6 is 27.3 Å². The Labute approximate surface area is 124 Å². The molecule has 0 saturated heterocycles. The van der Waals surface area contributed by atoms with Crippen molar-refractivity contribution in [2.45, 2.75) is 20.3 Å². The molecule has 0 spiro atoms. The lowest BCUT2D eigenvalue weighted by atomic mass is 10.1. The monoisotopic (exact) mass is 339 g/mol. The third kappa shape index (κ3) is 3.84. The molecular weight excluding hydrogens is 326 g/mol. The van der Waals surface area contributed by atoms with Gasteiger partial charge in [-0.05, 0) is 34.0 Å². The van der Waals surface area contributed by atoms with Crippen LogP contribution in [0.25, 0.3) is 0 Å². The first-order valence-corrected chi connectivity index (χ1v) is 7.55. The molecule has 0 aliphatic rings. The van der Waals surface area contributed by atoms with E-state index in [1.165, 1.54) is 11.3 Å². The summed E-state index contributed by atoms with van der Waals surface area (Å²) in [5.74, 6) is 0.347. The summed E-state index contributed by atoms with van der Waals surface area (Å²) >= 11 is 4.78. The van der Waals surface area contributed by atoms with Crippen molar-refractivity contribution < 1.29 is 4.79 Å². The van der Waals surface area contributed by atoms with E-state index in [4.69, 9.17) is 0 Å². The van der Waals surface area contributed by atoms with Crippen LogP contribution in [0.2, 0.25) is 0 Å². The molecule has 1 heterocycles. The van der Waals surface area contributed by atoms with E-state index in [1.807, 2.05) is 18.2 Å². The molecule has 2 rings (SSSR count). The highest BCUT2D eigenvalue weighted by atomic mass is 79.9. The molecule has 1 aromatic heterocycles. The molecule has 1 aromatic carbocycles. The quantitative estimate of drug-likeness (QED) is 0.922. The number of halogens is 1. The van der Waals surface area contributed by atoms with Gasteiger partial charge in [0.05, 0.1) is 5.56 Å². The van der Waals surface area contributed by atoms with Gasteiger partial charge < -0.3 is 0 Å². The zero-order valence-corrected chi connectivity index (χ0v) is 13.1. The molecule has 6 heteroatoms. The fourth-order valence-electron chi connectivity index (χ4n) is 1.55. The maximum absolute atomic E-state index is 12.1. The van der Waals surface area contributed by atoms with Crippen LogP contribution < -0.4 is 5.32 Å². The third-order valence-electron chi connectivity index (χ3n) is 2.39. The van der Waals surface area contributed by atoms with Crippen molar-refractivity contribution in [1.82, 2.24) is 10.2 Å². The van der Waals surface area contributed by atoms with Gasteiger partial charge in [-0.2, -0.15) is 0 Å². The molecule has 0 aliphatic heterocycles. The molecule has 0 atom stereocenters. The van der Waals surface area contributed by atoms with Crippen LogP contribution in [-0.4, -0.2) is 16.1 Å². The fourth-order valence-corrected chi connectivity index (χ4v) is 2.96. The average Bonchev–Trinajstić information content (AvgIpc) is 2.76. The molecule has 1 N–H and O–H groups in total. The highest BCUT2D eigenvalue weighted by Gasteiger charge is 2.12. The second-order valence-electron chi connectivity index (χ2n) is 4.53. The Morgan fingerprint density at radius 1 is 1.37 bits per heavy atom. The van der Waals surface area contributed by atoms with Crippen molar-refractivity contribution in [3.05, 3.63) is 39.3 Å². The smallest absolute Gasteiger partial charge is 0.258 e. The van der Waals surface area contributed by atoms with E-state index >= 15 is 0 Å². The third-order valence-corrected chi connectivity index (χ3v) is 3.94. The van der Waals surface area contributed by atoms with Crippen molar-refractivity contribution in [2.75, 3.05) is 5.32 Å². The Morgan fingerprint density at radius 2 is 2.11 bits per heavy atom. The Morgan fingerprint density at radius 3 is 2.79 bits per heavy atom. The van der Waals surface area contributed by atoms with Gasteiger partial charge in [-0.3, -0.25) is 10.1 Å². The Bertz CT molecular complexity index is 583. The lowest BCUT2D eigenvalue weighted by Crippen LogP contribution is -2.12. The Kier molecular flexibility index (Phi) is 4.66. The summed E-state index contributed by atoms with van der Waals surface area (Å²) in [5, 5.41) is 12.3. The van der Waals surface area contributed by atoms with E-state index in [-0.39, 0.29) is 5.91 Å². The SMILES string of the molecule is CC(C)Cc1nnc(NC(=O)c2ccccc2Br)s1. The summed E-state index contributed by atoms with van der Waals surface area (Å²) in [6, 6.07) is 7.28. The number of carbonyl (C=O) groups excluding carboxylic acids is 1. The highest BCUT2D eigenvalue weighted by molar-refractivity contribution is 9.10. The number of hydrogen-bond acceptors (Lipinski definition) is 4. The van der Waals surface area contributed by atoms with E-state index in [1.54, 1.807) is 6.07 Å². The van der Waals surface area contributed by atoms with Crippen LogP contribution in [0.1, 0.15) is 29.2 Å². The number of rotatable bonds is 4. The van der Waals surface area contributed by atoms with E-state index in [2.05, 4.69) is 45.3 Å². The predicted octanol–water partition coefficient (Wildman–Crippen LogP) is 3.75. The summed E-state index contributed by atoms with van der Waals surface area (Å²) in [6.07, 6.45) is 0.878. The van der Waals surface area contributed by atoms with Crippen molar-refractivity contribution >= 4 is 38.3 Å². The van der Waals surface area contributed by atoms with Crippen LogP contribution in [0.3, 0.4) is 0 Å². The molecule has 1 amide bonds. The summed E-state index contributed by atoms with van der Waals surface area (Å²) in [5.41, 5.74) is 0.586. The fraction of sp³-hybridized carbons (Fsp3) is 0.308. The van der Waals surface area contributed by atoms with Gasteiger partial charge in [-0.15, -0.1) is 10.2 Å². The molecular formula is C13H14BrN3OS. The first-order valence-electron chi connectivity index (χ1n) is 5.94. The van der Waals surface area contributed by atoms with Crippen LogP contribution in [0.15, 0.2) is 28.7 Å². The minimum atomic E-state index is -0.181. The zero-order valence-electron chi connectivity index (χ0n) is 10.7. The number of anilines is 1. The van der Waals surface area contributed by atoms with Crippen molar-refractivity contribution in [2.24, 2.45) is 5.92 Å². The zero-order chi connectivity index (χ0) is 13.8. The molecule has 0 radical (unpaired) electrons. The Balaban J connectivity index is 2.07. The van der Waals surface area contributed by atoms with Crippen LogP contribution in [0, 0.1) is 5.92 Å². The largest absolute Gasteiger partial charge is 0.296 e. The van der Waals surface area contributed by atoms with Crippen molar-refractivity contribution in [3.63, 3.8) is 0 Å². The molecule has 0 unspecified atom stereocenters. The number of hydrogen-bond donors (Lipinski definition) is 1. The minimum absolute atomic E-state index is 0.181. The molecule has 0 fully saturated rings. The van der Waals surface area contributed by atoms with E-state index in [9.17, 15) is 4.79 Å². The van der Waals surface area contributed by atoms with Gasteiger partial charge in [-0.25, -0.2) is 0 Å². The molecule has 4 nitrogen and oxygen atoms in total.